The van der Waals surface area contributed by atoms with Crippen molar-refractivity contribution in [2.75, 3.05) is 0 Å². The van der Waals surface area contributed by atoms with Gasteiger partial charge in [-0.1, -0.05) is 17.7 Å². The normalized spacial score (nSPS) is 12.9. The second kappa shape index (κ2) is 6.68. The molecule has 0 aromatic heterocycles. The molecule has 0 aliphatic carbocycles. The van der Waals surface area contributed by atoms with E-state index >= 15 is 0 Å². The minimum absolute atomic E-state index is 0.0153. The van der Waals surface area contributed by atoms with Gasteiger partial charge in [0.1, 0.15) is 0 Å². The summed E-state index contributed by atoms with van der Waals surface area (Å²) >= 11 is 0. The second-order valence-electron chi connectivity index (χ2n) is 4.77. The molecule has 0 aliphatic heterocycles. The molecule has 1 aromatic rings. The summed E-state index contributed by atoms with van der Waals surface area (Å²) in [6, 6.07) is 3.17. The summed E-state index contributed by atoms with van der Waals surface area (Å²) in [5, 5.41) is 11.0. The van der Waals surface area contributed by atoms with Crippen LogP contribution >= 0.6 is 0 Å². The van der Waals surface area contributed by atoms with Gasteiger partial charge in [-0.15, -0.1) is 0 Å². The summed E-state index contributed by atoms with van der Waals surface area (Å²) in [6.45, 7) is 3.42. The van der Waals surface area contributed by atoms with E-state index in [2.05, 4.69) is 0 Å². The smallest absolute Gasteiger partial charge is 0.241 e. The Morgan fingerprint density at radius 2 is 1.95 bits per heavy atom. The van der Waals surface area contributed by atoms with Crippen LogP contribution in [-0.2, 0) is 19.6 Å². The fourth-order valence-corrected chi connectivity index (χ4v) is 3.31. The van der Waals surface area contributed by atoms with Crippen LogP contribution in [-0.4, -0.2) is 26.3 Å². The monoisotopic (exact) mass is 313 g/mol. The van der Waals surface area contributed by atoms with Crippen molar-refractivity contribution in [1.29, 1.82) is 0 Å². The summed E-state index contributed by atoms with van der Waals surface area (Å²) in [6.07, 6.45) is -0.518. The van der Waals surface area contributed by atoms with Crippen LogP contribution in [0.3, 0.4) is 0 Å². The molecule has 0 heterocycles. The van der Waals surface area contributed by atoms with Crippen molar-refractivity contribution in [3.8, 4) is 0 Å². The van der Waals surface area contributed by atoms with Gasteiger partial charge in [-0.25, -0.2) is 13.1 Å². The zero-order valence-electron chi connectivity index (χ0n) is 11.8. The van der Waals surface area contributed by atoms with Crippen molar-refractivity contribution in [3.05, 3.63) is 29.3 Å². The number of hydrogen-bond acceptors (Lipinski definition) is 5. The number of sulfonamides is 1. The summed E-state index contributed by atoms with van der Waals surface area (Å²) in [5.74, 6) is -2.32. The minimum Gasteiger partial charge on any atom is -0.548 e. The van der Waals surface area contributed by atoms with E-state index in [1.807, 2.05) is 11.6 Å². The van der Waals surface area contributed by atoms with Gasteiger partial charge in [0.2, 0.25) is 15.9 Å². The molecule has 0 saturated heterocycles. The lowest BCUT2D eigenvalue weighted by molar-refractivity contribution is -0.308. The summed E-state index contributed by atoms with van der Waals surface area (Å²) in [4.78, 5) is 21.6. The zero-order valence-corrected chi connectivity index (χ0v) is 12.6. The number of hydrogen-bond donors (Lipinski definition) is 2. The van der Waals surface area contributed by atoms with E-state index in [1.165, 1.54) is 6.07 Å². The quantitative estimate of drug-likeness (QED) is 0.664. The van der Waals surface area contributed by atoms with Crippen LogP contribution in [0.4, 0.5) is 0 Å². The molecule has 1 amide bonds. The Hall–Kier alpha value is -1.93. The first-order chi connectivity index (χ1) is 9.63. The zero-order chi connectivity index (χ0) is 16.2. The Morgan fingerprint density at radius 3 is 2.43 bits per heavy atom. The van der Waals surface area contributed by atoms with Gasteiger partial charge in [0.05, 0.1) is 16.9 Å². The van der Waals surface area contributed by atoms with Crippen LogP contribution in [0.15, 0.2) is 23.1 Å². The molecule has 8 heteroatoms. The van der Waals surface area contributed by atoms with Crippen LogP contribution in [0.25, 0.3) is 0 Å². The van der Waals surface area contributed by atoms with Gasteiger partial charge >= 0.3 is 0 Å². The van der Waals surface area contributed by atoms with Crippen molar-refractivity contribution in [2.24, 2.45) is 5.73 Å². The summed E-state index contributed by atoms with van der Waals surface area (Å²) in [7, 11) is -4.02. The number of carboxylic acid groups (broad SMARTS) is 1. The average molecular weight is 313 g/mol. The highest BCUT2D eigenvalue weighted by molar-refractivity contribution is 7.89. The van der Waals surface area contributed by atoms with Crippen molar-refractivity contribution < 1.29 is 23.1 Å². The van der Waals surface area contributed by atoms with E-state index in [1.54, 1.807) is 19.1 Å². The van der Waals surface area contributed by atoms with Crippen molar-refractivity contribution >= 4 is 21.9 Å². The highest BCUT2D eigenvalue weighted by atomic mass is 32.2. The van der Waals surface area contributed by atoms with Gasteiger partial charge in [-0.05, 0) is 31.9 Å². The first kappa shape index (κ1) is 17.1. The maximum atomic E-state index is 12.2. The van der Waals surface area contributed by atoms with E-state index in [-0.39, 0.29) is 17.7 Å². The number of carbonyl (C=O) groups excluding carboxylic acids is 2. The van der Waals surface area contributed by atoms with Crippen LogP contribution in [0.1, 0.15) is 24.0 Å². The second-order valence-corrected chi connectivity index (χ2v) is 6.45. The number of aliphatic carboxylic acids is 1. The highest BCUT2D eigenvalue weighted by Crippen LogP contribution is 2.17. The fraction of sp³-hybridized carbons (Fsp3) is 0.385. The third-order valence-corrected chi connectivity index (χ3v) is 4.51. The molecule has 116 valence electrons. The van der Waals surface area contributed by atoms with Gasteiger partial charge in [0, 0.05) is 6.42 Å². The average Bonchev–Trinajstić information content (AvgIpc) is 2.33. The van der Waals surface area contributed by atoms with E-state index in [4.69, 9.17) is 5.73 Å². The molecule has 0 bridgehead atoms. The minimum atomic E-state index is -4.02. The number of nitrogens with two attached hydrogens (primary N) is 1. The van der Waals surface area contributed by atoms with E-state index < -0.39 is 27.9 Å². The van der Waals surface area contributed by atoms with Crippen LogP contribution < -0.4 is 15.6 Å². The molecular weight excluding hydrogens is 296 g/mol. The molecule has 0 unspecified atom stereocenters. The lowest BCUT2D eigenvalue weighted by atomic mass is 10.2. The van der Waals surface area contributed by atoms with Gasteiger partial charge in [0.25, 0.3) is 0 Å². The van der Waals surface area contributed by atoms with Gasteiger partial charge in [0.15, 0.2) is 0 Å². The Balaban J connectivity index is 3.00. The lowest BCUT2D eigenvalue weighted by Crippen LogP contribution is -2.48. The van der Waals surface area contributed by atoms with Crippen molar-refractivity contribution in [2.45, 2.75) is 37.6 Å². The van der Waals surface area contributed by atoms with Crippen LogP contribution in [0, 0.1) is 13.8 Å². The Bertz CT molecular complexity index is 655. The van der Waals surface area contributed by atoms with Gasteiger partial charge in [-0.2, -0.15) is 0 Å². The third kappa shape index (κ3) is 4.83. The van der Waals surface area contributed by atoms with E-state index in [0.717, 1.165) is 5.56 Å². The Kier molecular flexibility index (Phi) is 5.45. The predicted molar refractivity (Wildman–Crippen MR) is 73.5 cm³/mol. The number of amides is 1. The van der Waals surface area contributed by atoms with Crippen LogP contribution in [0.2, 0.25) is 0 Å². The highest BCUT2D eigenvalue weighted by Gasteiger charge is 2.22. The van der Waals surface area contributed by atoms with Gasteiger partial charge < -0.3 is 15.6 Å². The van der Waals surface area contributed by atoms with E-state index in [9.17, 15) is 23.1 Å². The molecular formula is C13H17N2O5S-. The molecule has 1 rings (SSSR count). The van der Waals surface area contributed by atoms with Crippen LogP contribution in [0.5, 0.6) is 0 Å². The molecule has 0 spiro atoms. The number of carbonyl (C=O) groups is 2. The third-order valence-electron chi connectivity index (χ3n) is 2.88. The SMILES string of the molecule is Cc1ccc(S(=O)(=O)N[C@H](CCC(N)=O)C(=O)[O-])c(C)c1. The number of benzene rings is 1. The Morgan fingerprint density at radius 1 is 1.33 bits per heavy atom. The molecule has 3 N–H and O–H groups in total. The molecule has 7 nitrogen and oxygen atoms in total. The van der Waals surface area contributed by atoms with Crippen molar-refractivity contribution in [1.82, 2.24) is 4.72 Å². The summed E-state index contributed by atoms with van der Waals surface area (Å²) < 4.78 is 26.4. The molecule has 0 saturated carbocycles. The van der Waals surface area contributed by atoms with E-state index in [0.29, 0.717) is 5.56 Å². The fourth-order valence-electron chi connectivity index (χ4n) is 1.86. The molecule has 0 fully saturated rings. The first-order valence-corrected chi connectivity index (χ1v) is 7.70. The Labute approximate surface area is 123 Å². The summed E-state index contributed by atoms with van der Waals surface area (Å²) in [5.41, 5.74) is 6.31. The molecule has 1 aromatic carbocycles. The maximum Gasteiger partial charge on any atom is 0.241 e. The molecule has 1 atom stereocenters. The number of carboxylic acids is 1. The lowest BCUT2D eigenvalue weighted by Gasteiger charge is -2.20. The molecule has 0 aliphatic rings. The standard InChI is InChI=1S/C13H18N2O5S/c1-8-3-5-11(9(2)7-8)21(19,20)15-10(13(17)18)4-6-12(14)16/h3,5,7,10,15H,4,6H2,1-2H3,(H2,14,16)(H,17,18)/p-1/t10-/m1/s1. The first-order valence-electron chi connectivity index (χ1n) is 6.22. The number of aryl methyl sites for hydroxylation is 2. The number of rotatable bonds is 7. The topological polar surface area (TPSA) is 129 Å². The maximum absolute atomic E-state index is 12.2. The molecule has 21 heavy (non-hydrogen) atoms. The largest absolute Gasteiger partial charge is 0.548 e. The van der Waals surface area contributed by atoms with Crippen molar-refractivity contribution in [3.63, 3.8) is 0 Å². The predicted octanol–water partition coefficient (Wildman–Crippen LogP) is -1.03. The molecule has 0 radical (unpaired) electrons. The van der Waals surface area contributed by atoms with Gasteiger partial charge in [-0.3, -0.25) is 4.79 Å². The number of nitrogens with one attached hydrogen (secondary N) is 1. The number of primary amides is 1.